The van der Waals surface area contributed by atoms with E-state index in [0.717, 1.165) is 11.6 Å². The molecule has 1 heterocycles. The number of anilines is 1. The van der Waals surface area contributed by atoms with Gasteiger partial charge in [0.05, 0.1) is 0 Å². The van der Waals surface area contributed by atoms with Gasteiger partial charge in [0, 0.05) is 24.5 Å². The minimum atomic E-state index is -0.610. The van der Waals surface area contributed by atoms with Crippen molar-refractivity contribution in [2.24, 2.45) is 0 Å². The number of halogens is 3. The molecule has 0 atom stereocenters. The molecule has 5 heteroatoms. The molecule has 1 aromatic carbocycles. The average Bonchev–Trinajstić information content (AvgIpc) is 2.27. The summed E-state index contributed by atoms with van der Waals surface area (Å²) in [5, 5.41) is 3.31. The molecule has 0 unspecified atom stereocenters. The molecule has 2 rings (SSSR count). The van der Waals surface area contributed by atoms with Gasteiger partial charge in [-0.15, -0.1) is 0 Å². The predicted octanol–water partition coefficient (Wildman–Crippen LogP) is 3.63. The monoisotopic (exact) mass is 254 g/mol. The van der Waals surface area contributed by atoms with Gasteiger partial charge in [0.15, 0.2) is 0 Å². The van der Waals surface area contributed by atoms with Crippen LogP contribution >= 0.6 is 11.6 Å². The van der Waals surface area contributed by atoms with Crippen LogP contribution in [0.3, 0.4) is 0 Å². The number of hydrogen-bond acceptors (Lipinski definition) is 2. The van der Waals surface area contributed by atoms with Crippen LogP contribution in [0.5, 0.6) is 0 Å². The van der Waals surface area contributed by atoms with Crippen LogP contribution in [0.4, 0.5) is 14.5 Å². The summed E-state index contributed by atoms with van der Waals surface area (Å²) in [6.07, 6.45) is 1.60. The number of rotatable bonds is 3. The molecule has 0 spiro atoms. The van der Waals surface area contributed by atoms with Gasteiger partial charge in [-0.2, -0.15) is 0 Å². The fourth-order valence-corrected chi connectivity index (χ4v) is 1.48. The summed E-state index contributed by atoms with van der Waals surface area (Å²) in [6.45, 7) is 0.424. The largest absolute Gasteiger partial charge is 0.381 e. The Bertz CT molecular complexity index is 494. The van der Waals surface area contributed by atoms with E-state index in [9.17, 15) is 8.78 Å². The summed E-state index contributed by atoms with van der Waals surface area (Å²) in [5.74, 6) is -1.22. The Morgan fingerprint density at radius 2 is 1.82 bits per heavy atom. The van der Waals surface area contributed by atoms with E-state index in [1.807, 2.05) is 0 Å². The lowest BCUT2D eigenvalue weighted by Gasteiger charge is -2.06. The number of aromatic nitrogens is 1. The van der Waals surface area contributed by atoms with Crippen molar-refractivity contribution in [2.75, 3.05) is 5.32 Å². The number of pyridine rings is 1. The van der Waals surface area contributed by atoms with Gasteiger partial charge in [0.1, 0.15) is 16.8 Å². The normalized spacial score (nSPS) is 10.3. The lowest BCUT2D eigenvalue weighted by atomic mass is 10.2. The maximum atomic E-state index is 12.9. The highest BCUT2D eigenvalue weighted by molar-refractivity contribution is 6.29. The van der Waals surface area contributed by atoms with Crippen molar-refractivity contribution < 1.29 is 8.78 Å². The highest BCUT2D eigenvalue weighted by Gasteiger charge is 2.00. The summed E-state index contributed by atoms with van der Waals surface area (Å²) < 4.78 is 25.8. The number of nitrogens with one attached hydrogen (secondary N) is 1. The Balaban J connectivity index is 2.04. The summed E-state index contributed by atoms with van der Waals surface area (Å²) in [7, 11) is 0. The van der Waals surface area contributed by atoms with Gasteiger partial charge in [-0.1, -0.05) is 17.7 Å². The zero-order chi connectivity index (χ0) is 12.3. The van der Waals surface area contributed by atoms with Crippen molar-refractivity contribution in [1.82, 2.24) is 4.98 Å². The first-order valence-corrected chi connectivity index (χ1v) is 5.32. The Morgan fingerprint density at radius 1 is 1.12 bits per heavy atom. The second-order valence-electron chi connectivity index (χ2n) is 3.50. The molecule has 1 aromatic heterocycles. The van der Waals surface area contributed by atoms with E-state index < -0.39 is 11.6 Å². The third-order valence-electron chi connectivity index (χ3n) is 2.15. The Labute approximate surface area is 102 Å². The molecule has 0 aliphatic heterocycles. The zero-order valence-corrected chi connectivity index (χ0v) is 9.51. The molecule has 0 fully saturated rings. The highest BCUT2D eigenvalue weighted by atomic mass is 35.5. The Kier molecular flexibility index (Phi) is 3.54. The lowest BCUT2D eigenvalue weighted by Crippen LogP contribution is -2.00. The van der Waals surface area contributed by atoms with Gasteiger partial charge in [0.2, 0.25) is 0 Å². The van der Waals surface area contributed by atoms with Crippen molar-refractivity contribution in [3.8, 4) is 0 Å². The van der Waals surface area contributed by atoms with Crippen LogP contribution in [-0.2, 0) is 6.54 Å². The van der Waals surface area contributed by atoms with E-state index in [1.165, 1.54) is 12.1 Å². The number of hydrogen-bond donors (Lipinski definition) is 1. The van der Waals surface area contributed by atoms with Gasteiger partial charge >= 0.3 is 0 Å². The van der Waals surface area contributed by atoms with Crippen molar-refractivity contribution in [3.63, 3.8) is 0 Å². The molecular weight excluding hydrogens is 246 g/mol. The molecule has 0 radical (unpaired) electrons. The molecule has 1 N–H and O–H groups in total. The van der Waals surface area contributed by atoms with Crippen molar-refractivity contribution in [1.29, 1.82) is 0 Å². The van der Waals surface area contributed by atoms with Gasteiger partial charge in [0.25, 0.3) is 0 Å². The van der Waals surface area contributed by atoms with Crippen molar-refractivity contribution in [3.05, 3.63) is 58.9 Å². The van der Waals surface area contributed by atoms with Gasteiger partial charge in [-0.05, 0) is 23.8 Å². The first kappa shape index (κ1) is 11.8. The zero-order valence-electron chi connectivity index (χ0n) is 8.75. The van der Waals surface area contributed by atoms with Crippen molar-refractivity contribution >= 4 is 17.3 Å². The first-order chi connectivity index (χ1) is 8.13. The van der Waals surface area contributed by atoms with Crippen molar-refractivity contribution in [2.45, 2.75) is 6.54 Å². The molecule has 0 amide bonds. The summed E-state index contributed by atoms with van der Waals surface area (Å²) >= 11 is 5.64. The van der Waals surface area contributed by atoms with Crippen LogP contribution in [0, 0.1) is 11.6 Å². The van der Waals surface area contributed by atoms with E-state index in [4.69, 9.17) is 11.6 Å². The molecule has 88 valence electrons. The predicted molar refractivity (Wildman–Crippen MR) is 62.9 cm³/mol. The third kappa shape index (κ3) is 3.39. The average molecular weight is 255 g/mol. The van der Waals surface area contributed by atoms with E-state index in [2.05, 4.69) is 10.3 Å². The third-order valence-corrected chi connectivity index (χ3v) is 2.37. The molecule has 2 aromatic rings. The van der Waals surface area contributed by atoms with Crippen LogP contribution in [-0.4, -0.2) is 4.98 Å². The second-order valence-corrected chi connectivity index (χ2v) is 3.89. The van der Waals surface area contributed by atoms with E-state index in [1.54, 1.807) is 18.3 Å². The van der Waals surface area contributed by atoms with Crippen LogP contribution in [0.1, 0.15) is 5.56 Å². The smallest absolute Gasteiger partial charge is 0.129 e. The van der Waals surface area contributed by atoms with Gasteiger partial charge in [-0.3, -0.25) is 0 Å². The quantitative estimate of drug-likeness (QED) is 0.846. The Morgan fingerprint density at radius 3 is 2.41 bits per heavy atom. The summed E-state index contributed by atoms with van der Waals surface area (Å²) in [5.41, 5.74) is 1.26. The van der Waals surface area contributed by atoms with Gasteiger partial charge < -0.3 is 5.32 Å². The number of benzene rings is 1. The molecule has 0 saturated heterocycles. The Hall–Kier alpha value is -1.68. The van der Waals surface area contributed by atoms with Crippen LogP contribution in [0.25, 0.3) is 0 Å². The topological polar surface area (TPSA) is 24.9 Å². The van der Waals surface area contributed by atoms with Gasteiger partial charge in [-0.25, -0.2) is 13.8 Å². The van der Waals surface area contributed by atoms with E-state index in [0.29, 0.717) is 17.4 Å². The maximum absolute atomic E-state index is 12.9. The fourth-order valence-electron chi connectivity index (χ4n) is 1.37. The molecule has 0 aliphatic carbocycles. The summed E-state index contributed by atoms with van der Waals surface area (Å²) in [4.78, 5) is 3.90. The molecular formula is C12H9ClF2N2. The molecule has 17 heavy (non-hydrogen) atoms. The lowest BCUT2D eigenvalue weighted by molar-refractivity contribution is 0.584. The van der Waals surface area contributed by atoms with E-state index >= 15 is 0 Å². The van der Waals surface area contributed by atoms with Crippen LogP contribution in [0.15, 0.2) is 36.5 Å². The standard InChI is InChI=1S/C12H9ClF2N2/c13-12-2-1-8(7-17-12)6-16-11-4-9(14)3-10(15)5-11/h1-5,7,16H,6H2. The molecule has 2 nitrogen and oxygen atoms in total. The highest BCUT2D eigenvalue weighted by Crippen LogP contribution is 2.14. The van der Waals surface area contributed by atoms with E-state index in [-0.39, 0.29) is 0 Å². The first-order valence-electron chi connectivity index (χ1n) is 4.94. The minimum absolute atomic E-state index is 0.387. The molecule has 0 saturated carbocycles. The maximum Gasteiger partial charge on any atom is 0.129 e. The summed E-state index contributed by atoms with van der Waals surface area (Å²) in [6, 6.07) is 6.73. The molecule has 0 bridgehead atoms. The number of nitrogens with zero attached hydrogens (tertiary/aromatic N) is 1. The van der Waals surface area contributed by atoms with Crippen LogP contribution < -0.4 is 5.32 Å². The SMILES string of the molecule is Fc1cc(F)cc(NCc2ccc(Cl)nc2)c1. The fraction of sp³-hybridized carbons (Fsp3) is 0.0833. The van der Waals surface area contributed by atoms with Crippen LogP contribution in [0.2, 0.25) is 5.15 Å². The minimum Gasteiger partial charge on any atom is -0.381 e. The second kappa shape index (κ2) is 5.10. The molecule has 0 aliphatic rings.